The molecule has 0 radical (unpaired) electrons. The van der Waals surface area contributed by atoms with E-state index >= 15 is 0 Å². The Bertz CT molecular complexity index is 635. The Morgan fingerprint density at radius 1 is 1.40 bits per heavy atom. The number of nitrogens with zero attached hydrogens (tertiary/aromatic N) is 3. The third kappa shape index (κ3) is 2.23. The molecule has 2 aromatic rings. The molecular formula is C13H17N5OS. The van der Waals surface area contributed by atoms with E-state index in [4.69, 9.17) is 5.73 Å². The summed E-state index contributed by atoms with van der Waals surface area (Å²) in [5.41, 5.74) is 7.13. The summed E-state index contributed by atoms with van der Waals surface area (Å²) in [6.45, 7) is 1.90. The molecule has 7 heteroatoms. The smallest absolute Gasteiger partial charge is 0.266 e. The zero-order valence-electron chi connectivity index (χ0n) is 11.3. The Morgan fingerprint density at radius 2 is 2.10 bits per heavy atom. The average Bonchev–Trinajstić information content (AvgIpc) is 2.84. The van der Waals surface area contributed by atoms with Gasteiger partial charge in [0.05, 0.1) is 5.69 Å². The number of amides is 1. The van der Waals surface area contributed by atoms with E-state index in [-0.39, 0.29) is 11.9 Å². The number of nitrogens with two attached hydrogens (primary N) is 1. The fourth-order valence-electron chi connectivity index (χ4n) is 2.52. The van der Waals surface area contributed by atoms with Crippen LogP contribution in [-0.2, 0) is 0 Å². The monoisotopic (exact) mass is 291 g/mol. The van der Waals surface area contributed by atoms with Crippen molar-refractivity contribution >= 4 is 33.3 Å². The molecule has 0 aliphatic carbocycles. The Balaban J connectivity index is 1.89. The quantitative estimate of drug-likeness (QED) is 0.865. The first-order valence-corrected chi connectivity index (χ1v) is 7.47. The summed E-state index contributed by atoms with van der Waals surface area (Å²) in [6.07, 6.45) is 5.16. The van der Waals surface area contributed by atoms with Crippen LogP contribution in [0.25, 0.3) is 10.3 Å². The number of anilines is 1. The van der Waals surface area contributed by atoms with E-state index in [0.29, 0.717) is 20.9 Å². The highest BCUT2D eigenvalue weighted by atomic mass is 32.1. The molecule has 0 saturated carbocycles. The Morgan fingerprint density at radius 3 is 2.80 bits per heavy atom. The highest BCUT2D eigenvalue weighted by Crippen LogP contribution is 2.31. The summed E-state index contributed by atoms with van der Waals surface area (Å²) in [5.74, 6) is -0.0285. The zero-order chi connectivity index (χ0) is 14.1. The number of fused-ring (bicyclic) bond motifs is 1. The summed E-state index contributed by atoms with van der Waals surface area (Å²) < 4.78 is 0. The average molecular weight is 291 g/mol. The van der Waals surface area contributed by atoms with Crippen molar-refractivity contribution in [2.75, 3.05) is 25.9 Å². The number of rotatable bonds is 2. The first kappa shape index (κ1) is 13.3. The van der Waals surface area contributed by atoms with E-state index in [1.807, 2.05) is 11.9 Å². The van der Waals surface area contributed by atoms with Crippen LogP contribution in [0.1, 0.15) is 22.5 Å². The van der Waals surface area contributed by atoms with Crippen LogP contribution in [0.3, 0.4) is 0 Å². The lowest BCUT2D eigenvalue weighted by atomic mass is 10.1. The number of hydrogen-bond donors (Lipinski definition) is 2. The molecule has 106 valence electrons. The van der Waals surface area contributed by atoms with Gasteiger partial charge in [-0.1, -0.05) is 0 Å². The molecule has 0 spiro atoms. The molecule has 1 aliphatic heterocycles. The lowest BCUT2D eigenvalue weighted by Crippen LogP contribution is -2.43. The van der Waals surface area contributed by atoms with E-state index in [9.17, 15) is 4.79 Å². The molecule has 2 aromatic heterocycles. The lowest BCUT2D eigenvalue weighted by molar-refractivity contribution is 0.0709. The topological polar surface area (TPSA) is 84.1 Å². The van der Waals surface area contributed by atoms with Crippen LogP contribution in [0, 0.1) is 0 Å². The van der Waals surface area contributed by atoms with Crippen LogP contribution >= 0.6 is 11.3 Å². The van der Waals surface area contributed by atoms with E-state index in [0.717, 1.165) is 25.9 Å². The second-order valence-electron chi connectivity index (χ2n) is 4.95. The van der Waals surface area contributed by atoms with Crippen molar-refractivity contribution in [1.82, 2.24) is 20.2 Å². The Hall–Kier alpha value is -1.73. The number of nitrogens with one attached hydrogen (secondary N) is 1. The minimum atomic E-state index is -0.0285. The highest BCUT2D eigenvalue weighted by Gasteiger charge is 2.26. The van der Waals surface area contributed by atoms with Crippen molar-refractivity contribution < 1.29 is 4.79 Å². The van der Waals surface area contributed by atoms with Crippen molar-refractivity contribution in [3.63, 3.8) is 0 Å². The zero-order valence-corrected chi connectivity index (χ0v) is 12.1. The molecule has 3 rings (SSSR count). The van der Waals surface area contributed by atoms with Gasteiger partial charge in [0.25, 0.3) is 5.91 Å². The second kappa shape index (κ2) is 5.34. The minimum Gasteiger partial charge on any atom is -0.396 e. The fourth-order valence-corrected chi connectivity index (χ4v) is 3.53. The van der Waals surface area contributed by atoms with Gasteiger partial charge in [-0.15, -0.1) is 11.3 Å². The van der Waals surface area contributed by atoms with Gasteiger partial charge in [-0.3, -0.25) is 4.79 Å². The summed E-state index contributed by atoms with van der Waals surface area (Å²) >= 11 is 1.32. The summed E-state index contributed by atoms with van der Waals surface area (Å²) in [7, 11) is 1.85. The van der Waals surface area contributed by atoms with Gasteiger partial charge in [0.15, 0.2) is 0 Å². The molecule has 1 aliphatic rings. The predicted octanol–water partition coefficient (Wildman–Crippen LogP) is 1.10. The SMILES string of the molecule is CN(C(=O)c1sc2nccnc2c1N)C1CCNCC1. The van der Waals surface area contributed by atoms with Crippen LogP contribution in [0.5, 0.6) is 0 Å². The lowest BCUT2D eigenvalue weighted by Gasteiger charge is -2.31. The number of piperidine rings is 1. The second-order valence-corrected chi connectivity index (χ2v) is 5.95. The van der Waals surface area contributed by atoms with Crippen molar-refractivity contribution in [2.45, 2.75) is 18.9 Å². The van der Waals surface area contributed by atoms with Gasteiger partial charge in [0, 0.05) is 25.5 Å². The van der Waals surface area contributed by atoms with Gasteiger partial charge >= 0.3 is 0 Å². The first-order chi connectivity index (χ1) is 9.68. The molecule has 0 aromatic carbocycles. The van der Waals surface area contributed by atoms with Crippen LogP contribution in [0.4, 0.5) is 5.69 Å². The van der Waals surface area contributed by atoms with E-state index < -0.39 is 0 Å². The van der Waals surface area contributed by atoms with Gasteiger partial charge in [0.2, 0.25) is 0 Å². The van der Waals surface area contributed by atoms with Crippen molar-refractivity contribution in [2.24, 2.45) is 0 Å². The highest BCUT2D eigenvalue weighted by molar-refractivity contribution is 7.21. The number of hydrogen-bond acceptors (Lipinski definition) is 6. The first-order valence-electron chi connectivity index (χ1n) is 6.65. The van der Waals surface area contributed by atoms with Crippen molar-refractivity contribution in [1.29, 1.82) is 0 Å². The standard InChI is InChI=1S/C13H17N5OS/c1-18(8-2-4-15-5-3-8)13(19)11-9(14)10-12(20-11)17-7-6-16-10/h6-8,15H,2-5,14H2,1H3. The summed E-state index contributed by atoms with van der Waals surface area (Å²) in [6, 6.07) is 0.272. The minimum absolute atomic E-state index is 0.0285. The van der Waals surface area contributed by atoms with Crippen molar-refractivity contribution in [3.8, 4) is 0 Å². The largest absolute Gasteiger partial charge is 0.396 e. The predicted molar refractivity (Wildman–Crippen MR) is 79.8 cm³/mol. The molecule has 0 bridgehead atoms. The molecular weight excluding hydrogens is 274 g/mol. The maximum absolute atomic E-state index is 12.6. The molecule has 1 fully saturated rings. The Labute approximate surface area is 121 Å². The Kier molecular flexibility index (Phi) is 3.54. The molecule has 0 unspecified atom stereocenters. The number of carbonyl (C=O) groups excluding carboxylic acids is 1. The van der Waals surface area contributed by atoms with Gasteiger partial charge in [-0.05, 0) is 25.9 Å². The molecule has 6 nitrogen and oxygen atoms in total. The van der Waals surface area contributed by atoms with Gasteiger partial charge in [0.1, 0.15) is 15.2 Å². The van der Waals surface area contributed by atoms with E-state index in [2.05, 4.69) is 15.3 Å². The molecule has 1 amide bonds. The van der Waals surface area contributed by atoms with Crippen LogP contribution in [0.2, 0.25) is 0 Å². The number of thiophene rings is 1. The van der Waals surface area contributed by atoms with E-state index in [1.165, 1.54) is 11.3 Å². The van der Waals surface area contributed by atoms with Gasteiger partial charge < -0.3 is 16.0 Å². The van der Waals surface area contributed by atoms with Crippen LogP contribution in [-0.4, -0.2) is 47.0 Å². The maximum atomic E-state index is 12.6. The molecule has 0 atom stereocenters. The number of carbonyl (C=O) groups is 1. The molecule has 3 heterocycles. The molecule has 3 N–H and O–H groups in total. The number of nitrogen functional groups attached to an aromatic ring is 1. The van der Waals surface area contributed by atoms with Crippen LogP contribution in [0.15, 0.2) is 12.4 Å². The number of aromatic nitrogens is 2. The summed E-state index contributed by atoms with van der Waals surface area (Å²) in [5, 5.41) is 3.30. The summed E-state index contributed by atoms with van der Waals surface area (Å²) in [4.78, 5) is 24.1. The maximum Gasteiger partial charge on any atom is 0.266 e. The third-order valence-electron chi connectivity index (χ3n) is 3.73. The van der Waals surface area contributed by atoms with E-state index in [1.54, 1.807) is 12.4 Å². The normalized spacial score (nSPS) is 16.4. The van der Waals surface area contributed by atoms with Gasteiger partial charge in [-0.2, -0.15) is 0 Å². The third-order valence-corrected chi connectivity index (χ3v) is 4.82. The van der Waals surface area contributed by atoms with Crippen molar-refractivity contribution in [3.05, 3.63) is 17.3 Å². The molecule has 1 saturated heterocycles. The fraction of sp³-hybridized carbons (Fsp3) is 0.462. The van der Waals surface area contributed by atoms with Crippen LogP contribution < -0.4 is 11.1 Å². The van der Waals surface area contributed by atoms with Gasteiger partial charge in [-0.25, -0.2) is 9.97 Å². The molecule has 20 heavy (non-hydrogen) atoms.